The summed E-state index contributed by atoms with van der Waals surface area (Å²) in [5, 5.41) is 6.38. The molecule has 37 heavy (non-hydrogen) atoms. The van der Waals surface area contributed by atoms with Crippen LogP contribution < -0.4 is 15.5 Å². The van der Waals surface area contributed by atoms with Crippen LogP contribution in [0.5, 0.6) is 0 Å². The van der Waals surface area contributed by atoms with E-state index in [1.807, 2.05) is 52.3 Å². The number of rotatable bonds is 5. The van der Waals surface area contributed by atoms with Gasteiger partial charge in [0.05, 0.1) is 11.4 Å². The van der Waals surface area contributed by atoms with Crippen molar-refractivity contribution in [3.8, 4) is 0 Å². The van der Waals surface area contributed by atoms with Gasteiger partial charge in [-0.1, -0.05) is 49.6 Å². The fraction of sp³-hybridized carbons (Fsp3) is 0.500. The molecule has 1 atom stereocenters. The zero-order chi connectivity index (χ0) is 25.6. The highest BCUT2D eigenvalue weighted by Gasteiger charge is 2.37. The molecule has 3 aliphatic rings. The first-order chi connectivity index (χ1) is 18.1. The second kappa shape index (κ2) is 11.9. The summed E-state index contributed by atoms with van der Waals surface area (Å²) in [6.45, 7) is 3.06. The van der Waals surface area contributed by atoms with Gasteiger partial charge in [-0.05, 0) is 61.9 Å². The largest absolute Gasteiger partial charge is 0.337 e. The summed E-state index contributed by atoms with van der Waals surface area (Å²) in [6.07, 6.45) is 7.81. The Bertz CT molecular complexity index is 1110. The van der Waals surface area contributed by atoms with E-state index in [9.17, 15) is 14.4 Å². The number of anilines is 2. The minimum atomic E-state index is -0.164. The minimum Gasteiger partial charge on any atom is -0.337 e. The van der Waals surface area contributed by atoms with Gasteiger partial charge in [0.2, 0.25) is 11.8 Å². The standard InChI is InChI=1S/C30H38N4O3/c35-28-21-27(23-10-5-2-6-11-23)34(29(36)15-12-22-8-3-1-4-9-22)26-14-13-24(20-25(26)32-28)30(37)33-18-7-16-31-17-19-33/h1,3-4,8-9,13-14,20,23,27,31H,2,5-7,10-12,15-19,21H2,(H,32,35). The van der Waals surface area contributed by atoms with E-state index in [4.69, 9.17) is 0 Å². The summed E-state index contributed by atoms with van der Waals surface area (Å²) in [5.74, 6) is 0.224. The molecule has 3 amide bonds. The van der Waals surface area contributed by atoms with Gasteiger partial charge in [-0.2, -0.15) is 0 Å². The van der Waals surface area contributed by atoms with E-state index in [1.165, 1.54) is 6.42 Å². The molecule has 2 aromatic rings. The monoisotopic (exact) mass is 502 g/mol. The number of nitrogens with zero attached hydrogens (tertiary/aromatic N) is 2. The van der Waals surface area contributed by atoms with Gasteiger partial charge < -0.3 is 20.4 Å². The SMILES string of the molecule is O=C1CC(C2CCCCC2)N(C(=O)CCc2ccccc2)c2ccc(C(=O)N3CCCNCC3)cc2N1. The van der Waals surface area contributed by atoms with Gasteiger partial charge >= 0.3 is 0 Å². The third-order valence-corrected chi connectivity index (χ3v) is 8.06. The molecule has 2 heterocycles. The molecule has 7 nitrogen and oxygen atoms in total. The highest BCUT2D eigenvalue weighted by Crippen LogP contribution is 2.39. The second-order valence-corrected chi connectivity index (χ2v) is 10.6. The number of amides is 3. The fourth-order valence-electron chi connectivity index (χ4n) is 6.10. The van der Waals surface area contributed by atoms with Crippen molar-refractivity contribution < 1.29 is 14.4 Å². The van der Waals surface area contributed by atoms with Gasteiger partial charge in [-0.3, -0.25) is 14.4 Å². The lowest BCUT2D eigenvalue weighted by Gasteiger charge is -2.38. The lowest BCUT2D eigenvalue weighted by molar-refractivity contribution is -0.120. The van der Waals surface area contributed by atoms with Crippen LogP contribution in [0.2, 0.25) is 0 Å². The molecule has 2 aliphatic heterocycles. The van der Waals surface area contributed by atoms with E-state index in [0.717, 1.165) is 50.8 Å². The number of hydrogen-bond acceptors (Lipinski definition) is 4. The van der Waals surface area contributed by atoms with Crippen molar-refractivity contribution in [2.75, 3.05) is 36.4 Å². The van der Waals surface area contributed by atoms with Crippen molar-refractivity contribution >= 4 is 29.1 Å². The van der Waals surface area contributed by atoms with E-state index >= 15 is 0 Å². The quantitative estimate of drug-likeness (QED) is 0.636. The summed E-state index contributed by atoms with van der Waals surface area (Å²) in [6, 6.07) is 15.4. The Morgan fingerprint density at radius 3 is 2.54 bits per heavy atom. The van der Waals surface area contributed by atoms with Crippen LogP contribution in [0.1, 0.15) is 67.3 Å². The zero-order valence-corrected chi connectivity index (χ0v) is 21.6. The molecule has 0 radical (unpaired) electrons. The van der Waals surface area contributed by atoms with E-state index in [1.54, 1.807) is 6.07 Å². The molecule has 2 aromatic carbocycles. The first kappa shape index (κ1) is 25.5. The second-order valence-electron chi connectivity index (χ2n) is 10.6. The average Bonchev–Trinajstić information content (AvgIpc) is 3.29. The average molecular weight is 503 g/mol. The van der Waals surface area contributed by atoms with Crippen molar-refractivity contribution in [2.45, 2.75) is 63.8 Å². The number of hydrogen-bond donors (Lipinski definition) is 2. The fourth-order valence-corrected chi connectivity index (χ4v) is 6.10. The summed E-state index contributed by atoms with van der Waals surface area (Å²) in [4.78, 5) is 44.0. The van der Waals surface area contributed by atoms with Gasteiger partial charge in [-0.25, -0.2) is 0 Å². The third-order valence-electron chi connectivity index (χ3n) is 8.06. The van der Waals surface area contributed by atoms with Gasteiger partial charge in [0.25, 0.3) is 5.91 Å². The van der Waals surface area contributed by atoms with E-state index in [-0.39, 0.29) is 30.2 Å². The zero-order valence-electron chi connectivity index (χ0n) is 21.6. The number of aryl methyl sites for hydroxylation is 1. The smallest absolute Gasteiger partial charge is 0.253 e. The van der Waals surface area contributed by atoms with Crippen LogP contribution in [-0.2, 0) is 16.0 Å². The molecule has 0 spiro atoms. The molecule has 1 saturated heterocycles. The highest BCUT2D eigenvalue weighted by molar-refractivity contribution is 6.06. The third kappa shape index (κ3) is 6.04. The summed E-state index contributed by atoms with van der Waals surface area (Å²) in [5.41, 5.74) is 2.96. The number of fused-ring (bicyclic) bond motifs is 1. The molecular formula is C30H38N4O3. The Hall–Kier alpha value is -3.19. The lowest BCUT2D eigenvalue weighted by atomic mass is 9.81. The molecule has 2 fully saturated rings. The van der Waals surface area contributed by atoms with E-state index in [0.29, 0.717) is 48.8 Å². The number of carbonyl (C=O) groups is 3. The van der Waals surface area contributed by atoms with Gasteiger partial charge in [0, 0.05) is 44.1 Å². The lowest BCUT2D eigenvalue weighted by Crippen LogP contribution is -2.46. The molecule has 1 saturated carbocycles. The Morgan fingerprint density at radius 1 is 0.919 bits per heavy atom. The molecule has 2 N–H and O–H groups in total. The molecule has 7 heteroatoms. The molecule has 0 aromatic heterocycles. The molecular weight excluding hydrogens is 464 g/mol. The van der Waals surface area contributed by atoms with Crippen LogP contribution in [0.3, 0.4) is 0 Å². The van der Waals surface area contributed by atoms with Gasteiger partial charge in [-0.15, -0.1) is 0 Å². The maximum atomic E-state index is 13.9. The summed E-state index contributed by atoms with van der Waals surface area (Å²) in [7, 11) is 0. The molecule has 196 valence electrons. The molecule has 1 unspecified atom stereocenters. The van der Waals surface area contributed by atoms with Crippen molar-refractivity contribution in [1.82, 2.24) is 10.2 Å². The summed E-state index contributed by atoms with van der Waals surface area (Å²) < 4.78 is 0. The number of nitrogens with one attached hydrogen (secondary N) is 2. The van der Waals surface area contributed by atoms with Crippen LogP contribution in [0.4, 0.5) is 11.4 Å². The minimum absolute atomic E-state index is 0.0317. The van der Waals surface area contributed by atoms with Gasteiger partial charge in [0.1, 0.15) is 0 Å². The first-order valence-corrected chi connectivity index (χ1v) is 13.9. The van der Waals surface area contributed by atoms with Crippen LogP contribution in [-0.4, -0.2) is 54.8 Å². The number of carbonyl (C=O) groups excluding carboxylic acids is 3. The highest BCUT2D eigenvalue weighted by atomic mass is 16.2. The van der Waals surface area contributed by atoms with Crippen LogP contribution in [0.25, 0.3) is 0 Å². The van der Waals surface area contributed by atoms with E-state index in [2.05, 4.69) is 10.6 Å². The normalized spacial score (nSPS) is 21.0. The van der Waals surface area contributed by atoms with E-state index < -0.39 is 0 Å². The summed E-state index contributed by atoms with van der Waals surface area (Å²) >= 11 is 0. The van der Waals surface area contributed by atoms with Gasteiger partial charge in [0.15, 0.2) is 0 Å². The molecule has 5 rings (SSSR count). The maximum absolute atomic E-state index is 13.9. The van der Waals surface area contributed by atoms with Crippen molar-refractivity contribution in [1.29, 1.82) is 0 Å². The first-order valence-electron chi connectivity index (χ1n) is 13.9. The van der Waals surface area contributed by atoms with Crippen LogP contribution >= 0.6 is 0 Å². The molecule has 1 aliphatic carbocycles. The van der Waals surface area contributed by atoms with Crippen molar-refractivity contribution in [3.05, 3.63) is 59.7 Å². The molecule has 0 bridgehead atoms. The Morgan fingerprint density at radius 2 is 1.73 bits per heavy atom. The Labute approximate surface area is 219 Å². The van der Waals surface area contributed by atoms with Crippen LogP contribution in [0, 0.1) is 5.92 Å². The number of benzene rings is 2. The Kier molecular flexibility index (Phi) is 8.19. The predicted molar refractivity (Wildman–Crippen MR) is 146 cm³/mol. The van der Waals surface area contributed by atoms with Crippen LogP contribution in [0.15, 0.2) is 48.5 Å². The predicted octanol–water partition coefficient (Wildman–Crippen LogP) is 4.38. The Balaban J connectivity index is 1.45. The topological polar surface area (TPSA) is 81.8 Å². The maximum Gasteiger partial charge on any atom is 0.253 e. The van der Waals surface area contributed by atoms with Crippen molar-refractivity contribution in [3.63, 3.8) is 0 Å². The van der Waals surface area contributed by atoms with Crippen molar-refractivity contribution in [2.24, 2.45) is 5.92 Å².